The average Bonchev–Trinajstić information content (AvgIpc) is 2.44. The molecule has 15 heavy (non-hydrogen) atoms. The smallest absolute Gasteiger partial charge is 0.0952 e. The van der Waals surface area contributed by atoms with Gasteiger partial charge in [0.15, 0.2) is 0 Å². The maximum atomic E-state index is 4.45. The summed E-state index contributed by atoms with van der Waals surface area (Å²) in [5.41, 5.74) is 3.96. The first kappa shape index (κ1) is 10.2. The van der Waals surface area contributed by atoms with Crippen molar-refractivity contribution in [2.75, 3.05) is 0 Å². The van der Waals surface area contributed by atoms with Crippen LogP contribution in [0.3, 0.4) is 0 Å². The normalized spacial score (nSPS) is 12.3. The lowest BCUT2D eigenvalue weighted by molar-refractivity contribution is 0.590. The van der Waals surface area contributed by atoms with Crippen molar-refractivity contribution in [3.05, 3.63) is 29.5 Å². The molecule has 2 aromatic rings. The Kier molecular flexibility index (Phi) is 2.10. The van der Waals surface area contributed by atoms with E-state index in [0.717, 1.165) is 5.52 Å². The summed E-state index contributed by atoms with van der Waals surface area (Å²) >= 11 is 0. The standard InChI is InChI=1S/C13H18N2/c1-9-6-11(13(2,3)4)7-10-8-15(5)14-12(9)10/h6-8H,1-5H3. The molecule has 0 bridgehead atoms. The Morgan fingerprint density at radius 1 is 1.20 bits per heavy atom. The lowest BCUT2D eigenvalue weighted by Crippen LogP contribution is -2.11. The van der Waals surface area contributed by atoms with Gasteiger partial charge in [-0.25, -0.2) is 0 Å². The summed E-state index contributed by atoms with van der Waals surface area (Å²) in [6.45, 7) is 8.85. The van der Waals surface area contributed by atoms with Crippen LogP contribution < -0.4 is 0 Å². The first-order valence-corrected chi connectivity index (χ1v) is 5.32. The third kappa shape index (κ3) is 1.76. The van der Waals surface area contributed by atoms with E-state index in [4.69, 9.17) is 0 Å². The van der Waals surface area contributed by atoms with Crippen LogP contribution in [0.1, 0.15) is 31.9 Å². The van der Waals surface area contributed by atoms with Gasteiger partial charge in [-0.1, -0.05) is 26.8 Å². The molecule has 1 heterocycles. The van der Waals surface area contributed by atoms with Gasteiger partial charge in [0.05, 0.1) is 5.52 Å². The summed E-state index contributed by atoms with van der Waals surface area (Å²) in [5, 5.41) is 5.69. The van der Waals surface area contributed by atoms with Crippen LogP contribution in [0.4, 0.5) is 0 Å². The molecule has 0 aliphatic heterocycles. The first-order chi connectivity index (χ1) is 6.88. The van der Waals surface area contributed by atoms with Gasteiger partial charge >= 0.3 is 0 Å². The van der Waals surface area contributed by atoms with E-state index in [2.05, 4.69) is 51.1 Å². The zero-order chi connectivity index (χ0) is 11.2. The molecule has 1 aromatic carbocycles. The molecule has 1 aromatic heterocycles. The molecule has 0 radical (unpaired) electrons. The zero-order valence-corrected chi connectivity index (χ0v) is 10.1. The number of benzene rings is 1. The Morgan fingerprint density at radius 3 is 2.47 bits per heavy atom. The van der Waals surface area contributed by atoms with Crippen LogP contribution >= 0.6 is 0 Å². The third-order valence-corrected chi connectivity index (χ3v) is 2.78. The van der Waals surface area contributed by atoms with Gasteiger partial charge in [0.1, 0.15) is 0 Å². The summed E-state index contributed by atoms with van der Waals surface area (Å²) < 4.78 is 1.88. The van der Waals surface area contributed by atoms with Gasteiger partial charge in [-0.3, -0.25) is 4.68 Å². The molecule has 2 nitrogen and oxygen atoms in total. The quantitative estimate of drug-likeness (QED) is 0.641. The fourth-order valence-corrected chi connectivity index (χ4v) is 1.86. The van der Waals surface area contributed by atoms with Crippen LogP contribution in [0.5, 0.6) is 0 Å². The van der Waals surface area contributed by atoms with Crippen molar-refractivity contribution < 1.29 is 0 Å². The van der Waals surface area contributed by atoms with Gasteiger partial charge in [-0.15, -0.1) is 0 Å². The number of hydrogen-bond acceptors (Lipinski definition) is 1. The van der Waals surface area contributed by atoms with Gasteiger partial charge in [0, 0.05) is 18.6 Å². The number of aryl methyl sites for hydroxylation is 2. The van der Waals surface area contributed by atoms with Crippen molar-refractivity contribution in [1.82, 2.24) is 9.78 Å². The molecule has 80 valence electrons. The molecule has 2 heteroatoms. The fraction of sp³-hybridized carbons (Fsp3) is 0.462. The van der Waals surface area contributed by atoms with E-state index in [-0.39, 0.29) is 5.41 Å². The molecule has 0 aliphatic rings. The number of fused-ring (bicyclic) bond motifs is 1. The Hall–Kier alpha value is -1.31. The Bertz CT molecular complexity index is 501. The Balaban J connectivity index is 2.72. The maximum Gasteiger partial charge on any atom is 0.0952 e. The highest BCUT2D eigenvalue weighted by atomic mass is 15.2. The van der Waals surface area contributed by atoms with Crippen LogP contribution in [0.2, 0.25) is 0 Å². The van der Waals surface area contributed by atoms with Crippen molar-refractivity contribution >= 4 is 10.9 Å². The van der Waals surface area contributed by atoms with Gasteiger partial charge in [-0.05, 0) is 29.5 Å². The minimum Gasteiger partial charge on any atom is -0.275 e. The van der Waals surface area contributed by atoms with Gasteiger partial charge in [0.2, 0.25) is 0 Å². The van der Waals surface area contributed by atoms with Crippen molar-refractivity contribution in [3.8, 4) is 0 Å². The minimum atomic E-state index is 0.203. The second kappa shape index (κ2) is 3.09. The highest BCUT2D eigenvalue weighted by Gasteiger charge is 2.15. The van der Waals surface area contributed by atoms with Gasteiger partial charge in [0.25, 0.3) is 0 Å². The number of nitrogens with zero attached hydrogens (tertiary/aromatic N) is 2. The van der Waals surface area contributed by atoms with Crippen LogP contribution in [0.25, 0.3) is 10.9 Å². The van der Waals surface area contributed by atoms with Crippen molar-refractivity contribution in [2.45, 2.75) is 33.1 Å². The molecule has 0 aliphatic carbocycles. The summed E-state index contributed by atoms with van der Waals surface area (Å²) in [7, 11) is 1.97. The highest BCUT2D eigenvalue weighted by molar-refractivity contribution is 5.82. The van der Waals surface area contributed by atoms with E-state index in [1.54, 1.807) is 0 Å². The summed E-state index contributed by atoms with van der Waals surface area (Å²) in [6, 6.07) is 4.49. The minimum absolute atomic E-state index is 0.203. The molecule has 0 saturated carbocycles. The van der Waals surface area contributed by atoms with Crippen LogP contribution in [0.15, 0.2) is 18.3 Å². The average molecular weight is 202 g/mol. The maximum absolute atomic E-state index is 4.45. The molecule has 0 atom stereocenters. The molecular weight excluding hydrogens is 184 g/mol. The highest BCUT2D eigenvalue weighted by Crippen LogP contribution is 2.27. The molecule has 0 amide bonds. The monoisotopic (exact) mass is 202 g/mol. The van der Waals surface area contributed by atoms with Crippen molar-refractivity contribution in [3.63, 3.8) is 0 Å². The van der Waals surface area contributed by atoms with Crippen molar-refractivity contribution in [2.24, 2.45) is 7.05 Å². The lowest BCUT2D eigenvalue weighted by Gasteiger charge is -2.19. The van der Waals surface area contributed by atoms with Crippen LogP contribution in [-0.4, -0.2) is 9.78 Å². The van der Waals surface area contributed by atoms with Gasteiger partial charge in [-0.2, -0.15) is 5.10 Å². The summed E-state index contributed by atoms with van der Waals surface area (Å²) in [4.78, 5) is 0. The lowest BCUT2D eigenvalue weighted by atomic mass is 9.85. The van der Waals surface area contributed by atoms with E-state index >= 15 is 0 Å². The van der Waals surface area contributed by atoms with Crippen LogP contribution in [-0.2, 0) is 12.5 Å². The Morgan fingerprint density at radius 2 is 1.87 bits per heavy atom. The molecular formula is C13H18N2. The molecule has 0 spiro atoms. The summed E-state index contributed by atoms with van der Waals surface area (Å²) in [5.74, 6) is 0. The van der Waals surface area contributed by atoms with Crippen molar-refractivity contribution in [1.29, 1.82) is 0 Å². The van der Waals surface area contributed by atoms with E-state index in [9.17, 15) is 0 Å². The number of rotatable bonds is 0. The fourth-order valence-electron chi connectivity index (χ4n) is 1.86. The predicted octanol–water partition coefficient (Wildman–Crippen LogP) is 3.18. The largest absolute Gasteiger partial charge is 0.275 e. The Labute approximate surface area is 90.9 Å². The molecule has 2 rings (SSSR count). The second-order valence-electron chi connectivity index (χ2n) is 5.28. The van der Waals surface area contributed by atoms with Crippen LogP contribution in [0, 0.1) is 6.92 Å². The SMILES string of the molecule is Cc1cc(C(C)(C)C)cc2cn(C)nc12. The van der Waals surface area contributed by atoms with E-state index < -0.39 is 0 Å². The number of hydrogen-bond donors (Lipinski definition) is 0. The van der Waals surface area contributed by atoms with E-state index in [1.165, 1.54) is 16.5 Å². The second-order valence-corrected chi connectivity index (χ2v) is 5.28. The van der Waals surface area contributed by atoms with Gasteiger partial charge < -0.3 is 0 Å². The zero-order valence-electron chi connectivity index (χ0n) is 10.1. The molecule has 0 saturated heterocycles. The predicted molar refractivity (Wildman–Crippen MR) is 64.2 cm³/mol. The van der Waals surface area contributed by atoms with E-state index in [0.29, 0.717) is 0 Å². The topological polar surface area (TPSA) is 17.8 Å². The summed E-state index contributed by atoms with van der Waals surface area (Å²) in [6.07, 6.45) is 2.08. The molecule has 0 unspecified atom stereocenters. The van der Waals surface area contributed by atoms with E-state index in [1.807, 2.05) is 11.7 Å². The first-order valence-electron chi connectivity index (χ1n) is 5.32. The molecule has 0 N–H and O–H groups in total. The third-order valence-electron chi connectivity index (χ3n) is 2.78. The number of aromatic nitrogens is 2. The molecule has 0 fully saturated rings.